The Morgan fingerprint density at radius 3 is 2.45 bits per heavy atom. The monoisotopic (exact) mass is 544 g/mol. The van der Waals surface area contributed by atoms with Gasteiger partial charge in [-0.3, -0.25) is 4.99 Å². The highest BCUT2D eigenvalue weighted by molar-refractivity contribution is 14.0. The second kappa shape index (κ2) is 13.4. The van der Waals surface area contributed by atoms with E-state index in [2.05, 4.69) is 63.3 Å². The van der Waals surface area contributed by atoms with Gasteiger partial charge in [0.1, 0.15) is 5.82 Å². The van der Waals surface area contributed by atoms with Gasteiger partial charge < -0.3 is 25.2 Å². The Labute approximate surface area is 205 Å². The number of halogens is 1. The Hall–Kier alpha value is -1.13. The Morgan fingerprint density at radius 1 is 1.13 bits per heavy atom. The Balaban J connectivity index is 0.00000341. The number of aliphatic imine (C=N–C) groups is 1. The van der Waals surface area contributed by atoms with Crippen LogP contribution >= 0.6 is 24.0 Å². The minimum absolute atomic E-state index is 0. The van der Waals surface area contributed by atoms with Crippen LogP contribution in [0.2, 0.25) is 0 Å². The van der Waals surface area contributed by atoms with Gasteiger partial charge in [-0.1, -0.05) is 13.0 Å². The first-order chi connectivity index (χ1) is 14.5. The van der Waals surface area contributed by atoms with Crippen molar-refractivity contribution in [3.8, 4) is 0 Å². The number of hydrogen-bond donors (Lipinski definition) is 2. The minimum atomic E-state index is 0. The molecule has 31 heavy (non-hydrogen) atoms. The third-order valence-electron chi connectivity index (χ3n) is 6.06. The number of nitrogens with zero attached hydrogens (tertiary/aromatic N) is 4. The molecular weight excluding hydrogens is 503 g/mol. The van der Waals surface area contributed by atoms with E-state index in [1.165, 1.54) is 32.5 Å². The van der Waals surface area contributed by atoms with Crippen LogP contribution < -0.4 is 15.5 Å². The highest BCUT2D eigenvalue weighted by atomic mass is 127. The van der Waals surface area contributed by atoms with Crippen LogP contribution in [0.5, 0.6) is 0 Å². The number of rotatable bonds is 7. The SMILES string of the molecule is CN=C(NCCCN1CCC(C)CC1)NCc1ccc(N2CC(C)OC(C)C2)nc1.I. The van der Waals surface area contributed by atoms with E-state index in [9.17, 15) is 0 Å². The number of piperidine rings is 1. The molecule has 2 aliphatic rings. The van der Waals surface area contributed by atoms with Gasteiger partial charge in [0.25, 0.3) is 0 Å². The Morgan fingerprint density at radius 2 is 1.84 bits per heavy atom. The molecule has 0 aliphatic carbocycles. The molecule has 3 rings (SSSR count). The van der Waals surface area contributed by atoms with Gasteiger partial charge in [0.2, 0.25) is 0 Å². The van der Waals surface area contributed by atoms with E-state index in [1.807, 2.05) is 13.2 Å². The molecule has 2 unspecified atom stereocenters. The first-order valence-electron chi connectivity index (χ1n) is 11.6. The van der Waals surface area contributed by atoms with Crippen LogP contribution in [0.3, 0.4) is 0 Å². The lowest BCUT2D eigenvalue weighted by Gasteiger charge is -2.36. The summed E-state index contributed by atoms with van der Waals surface area (Å²) in [4.78, 5) is 13.9. The second-order valence-corrected chi connectivity index (χ2v) is 8.92. The average molecular weight is 545 g/mol. The molecule has 1 aromatic heterocycles. The molecule has 0 aromatic carbocycles. The number of ether oxygens (including phenoxy) is 1. The van der Waals surface area contributed by atoms with Gasteiger partial charge in [0, 0.05) is 39.4 Å². The maximum absolute atomic E-state index is 5.82. The number of pyridine rings is 1. The molecule has 3 heterocycles. The molecule has 1 aromatic rings. The van der Waals surface area contributed by atoms with Crippen LogP contribution in [0.25, 0.3) is 0 Å². The summed E-state index contributed by atoms with van der Waals surface area (Å²) in [5.74, 6) is 2.77. The number of anilines is 1. The molecular formula is C23H41IN6O. The van der Waals surface area contributed by atoms with Crippen molar-refractivity contribution in [3.05, 3.63) is 23.9 Å². The summed E-state index contributed by atoms with van der Waals surface area (Å²) < 4.78 is 5.82. The molecule has 8 heteroatoms. The molecule has 0 amide bonds. The average Bonchev–Trinajstić information content (AvgIpc) is 2.74. The van der Waals surface area contributed by atoms with Crippen molar-refractivity contribution in [3.63, 3.8) is 0 Å². The van der Waals surface area contributed by atoms with Gasteiger partial charge in [-0.15, -0.1) is 24.0 Å². The van der Waals surface area contributed by atoms with Crippen LogP contribution in [0.1, 0.15) is 45.6 Å². The van der Waals surface area contributed by atoms with Gasteiger partial charge in [0.15, 0.2) is 5.96 Å². The van der Waals surface area contributed by atoms with Crippen LogP contribution in [0.15, 0.2) is 23.3 Å². The summed E-state index contributed by atoms with van der Waals surface area (Å²) in [6.45, 7) is 13.7. The van der Waals surface area contributed by atoms with Crippen LogP contribution in [0, 0.1) is 5.92 Å². The van der Waals surface area contributed by atoms with E-state index in [0.717, 1.165) is 49.3 Å². The molecule has 2 fully saturated rings. The lowest BCUT2D eigenvalue weighted by Crippen LogP contribution is -2.45. The van der Waals surface area contributed by atoms with Crippen molar-refractivity contribution < 1.29 is 4.74 Å². The third kappa shape index (κ3) is 8.73. The fraction of sp³-hybridized carbons (Fsp3) is 0.739. The Bertz CT molecular complexity index is 653. The number of likely N-dealkylation sites (tertiary alicyclic amines) is 1. The molecule has 0 spiro atoms. The predicted octanol–water partition coefficient (Wildman–Crippen LogP) is 3.10. The normalized spacial score (nSPS) is 23.4. The molecule has 0 radical (unpaired) electrons. The van der Waals surface area contributed by atoms with E-state index in [-0.39, 0.29) is 36.2 Å². The first-order valence-corrected chi connectivity index (χ1v) is 11.6. The van der Waals surface area contributed by atoms with Crippen molar-refractivity contribution in [2.75, 3.05) is 51.2 Å². The van der Waals surface area contributed by atoms with Crippen molar-refractivity contribution in [2.45, 2.75) is 58.8 Å². The van der Waals surface area contributed by atoms with Gasteiger partial charge in [-0.2, -0.15) is 0 Å². The summed E-state index contributed by atoms with van der Waals surface area (Å²) in [7, 11) is 1.82. The lowest BCUT2D eigenvalue weighted by molar-refractivity contribution is -0.00545. The second-order valence-electron chi connectivity index (χ2n) is 8.92. The highest BCUT2D eigenvalue weighted by Gasteiger charge is 2.23. The summed E-state index contributed by atoms with van der Waals surface area (Å²) in [6, 6.07) is 4.25. The van der Waals surface area contributed by atoms with Crippen molar-refractivity contribution in [1.29, 1.82) is 0 Å². The number of nitrogens with one attached hydrogen (secondary N) is 2. The largest absolute Gasteiger partial charge is 0.372 e. The van der Waals surface area contributed by atoms with Crippen molar-refractivity contribution in [2.24, 2.45) is 10.9 Å². The van der Waals surface area contributed by atoms with Crippen LogP contribution in [-0.4, -0.2) is 74.4 Å². The van der Waals surface area contributed by atoms with Gasteiger partial charge in [0.05, 0.1) is 12.2 Å². The molecule has 0 saturated carbocycles. The zero-order valence-corrected chi connectivity index (χ0v) is 22.0. The fourth-order valence-electron chi connectivity index (χ4n) is 4.27. The van der Waals surface area contributed by atoms with E-state index < -0.39 is 0 Å². The predicted molar refractivity (Wildman–Crippen MR) is 140 cm³/mol. The van der Waals surface area contributed by atoms with Crippen molar-refractivity contribution in [1.82, 2.24) is 20.5 Å². The quantitative estimate of drug-likeness (QED) is 0.238. The fourth-order valence-corrected chi connectivity index (χ4v) is 4.27. The molecule has 176 valence electrons. The van der Waals surface area contributed by atoms with Gasteiger partial charge >= 0.3 is 0 Å². The van der Waals surface area contributed by atoms with E-state index in [1.54, 1.807) is 0 Å². The third-order valence-corrected chi connectivity index (χ3v) is 6.06. The van der Waals surface area contributed by atoms with Crippen molar-refractivity contribution >= 4 is 35.8 Å². The smallest absolute Gasteiger partial charge is 0.191 e. The van der Waals surface area contributed by atoms with Crippen LogP contribution in [-0.2, 0) is 11.3 Å². The number of hydrogen-bond acceptors (Lipinski definition) is 5. The summed E-state index contributed by atoms with van der Waals surface area (Å²) in [6.07, 6.45) is 6.26. The zero-order chi connectivity index (χ0) is 21.3. The minimum Gasteiger partial charge on any atom is -0.372 e. The number of morpholine rings is 1. The lowest BCUT2D eigenvalue weighted by atomic mass is 9.99. The molecule has 0 bridgehead atoms. The topological polar surface area (TPSA) is 65.0 Å². The van der Waals surface area contributed by atoms with E-state index in [4.69, 9.17) is 4.74 Å². The van der Waals surface area contributed by atoms with Gasteiger partial charge in [-0.25, -0.2) is 4.98 Å². The maximum atomic E-state index is 5.82. The molecule has 7 nitrogen and oxygen atoms in total. The molecule has 2 N–H and O–H groups in total. The maximum Gasteiger partial charge on any atom is 0.191 e. The van der Waals surface area contributed by atoms with Gasteiger partial charge in [-0.05, 0) is 70.3 Å². The molecule has 2 saturated heterocycles. The highest BCUT2D eigenvalue weighted by Crippen LogP contribution is 2.18. The molecule has 2 aliphatic heterocycles. The Kier molecular flexibility index (Phi) is 11.3. The summed E-state index contributed by atoms with van der Waals surface area (Å²) in [5.41, 5.74) is 1.15. The summed E-state index contributed by atoms with van der Waals surface area (Å²) in [5, 5.41) is 6.83. The standard InChI is InChI=1S/C23H40N6O.HI/c1-18-8-12-28(13-9-18)11-5-10-25-23(24-4)27-15-21-6-7-22(26-14-21)29-16-19(2)30-20(3)17-29;/h6-7,14,18-20H,5,8-13,15-17H2,1-4H3,(H2,24,25,27);1H. The number of aromatic nitrogens is 1. The summed E-state index contributed by atoms with van der Waals surface area (Å²) >= 11 is 0. The zero-order valence-electron chi connectivity index (χ0n) is 19.6. The van der Waals surface area contributed by atoms with E-state index >= 15 is 0 Å². The van der Waals surface area contributed by atoms with E-state index in [0.29, 0.717) is 6.54 Å². The van der Waals surface area contributed by atoms with Crippen LogP contribution in [0.4, 0.5) is 5.82 Å². The molecule has 2 atom stereocenters. The number of guanidine groups is 1. The first kappa shape index (κ1) is 26.1.